The van der Waals surface area contributed by atoms with Crippen LogP contribution in [0.1, 0.15) is 12.5 Å². The Hall–Kier alpha value is -2.50. The SMILES string of the molecule is CCN=N.OC1(c2ccc(-c3ccc4[nH]ccc4c3)cc2)COC1. The molecule has 124 valence electrons. The second-order valence-corrected chi connectivity index (χ2v) is 5.86. The molecule has 1 fully saturated rings. The summed E-state index contributed by atoms with van der Waals surface area (Å²) >= 11 is 0. The number of aromatic nitrogens is 1. The van der Waals surface area contributed by atoms with Gasteiger partial charge in [0.25, 0.3) is 0 Å². The van der Waals surface area contributed by atoms with Crippen LogP contribution < -0.4 is 0 Å². The van der Waals surface area contributed by atoms with E-state index >= 15 is 0 Å². The Bertz CT molecular complexity index is 820. The number of fused-ring (bicyclic) bond motifs is 1. The fraction of sp³-hybridized carbons (Fsp3) is 0.263. The molecular formula is C19H21N3O2. The van der Waals surface area contributed by atoms with Gasteiger partial charge in [-0.1, -0.05) is 30.3 Å². The molecule has 0 bridgehead atoms. The summed E-state index contributed by atoms with van der Waals surface area (Å²) in [5.41, 5.74) is 9.69. The van der Waals surface area contributed by atoms with E-state index in [1.807, 2.05) is 25.3 Å². The highest BCUT2D eigenvalue weighted by atomic mass is 16.5. The number of rotatable bonds is 3. The predicted molar refractivity (Wildman–Crippen MR) is 94.1 cm³/mol. The van der Waals surface area contributed by atoms with Gasteiger partial charge in [0.05, 0.1) is 19.8 Å². The first-order valence-electron chi connectivity index (χ1n) is 7.98. The monoisotopic (exact) mass is 323 g/mol. The zero-order chi connectivity index (χ0) is 17.0. The largest absolute Gasteiger partial charge is 0.380 e. The van der Waals surface area contributed by atoms with E-state index in [0.717, 1.165) is 16.6 Å². The predicted octanol–water partition coefficient (Wildman–Crippen LogP) is 4.09. The third-order valence-corrected chi connectivity index (χ3v) is 4.15. The molecule has 5 nitrogen and oxygen atoms in total. The van der Waals surface area contributed by atoms with Crippen LogP contribution in [-0.2, 0) is 10.3 Å². The lowest BCUT2D eigenvalue weighted by Gasteiger charge is -2.36. The Morgan fingerprint density at radius 3 is 2.38 bits per heavy atom. The first-order chi connectivity index (χ1) is 11.7. The molecule has 0 aliphatic carbocycles. The van der Waals surface area contributed by atoms with Gasteiger partial charge in [-0.2, -0.15) is 5.11 Å². The normalized spacial score (nSPS) is 15.2. The van der Waals surface area contributed by atoms with Gasteiger partial charge in [0.1, 0.15) is 5.60 Å². The summed E-state index contributed by atoms with van der Waals surface area (Å²) < 4.78 is 5.09. The second-order valence-electron chi connectivity index (χ2n) is 5.86. The van der Waals surface area contributed by atoms with Gasteiger partial charge in [0.15, 0.2) is 0 Å². The number of benzene rings is 2. The van der Waals surface area contributed by atoms with E-state index in [9.17, 15) is 5.11 Å². The zero-order valence-corrected chi connectivity index (χ0v) is 13.6. The van der Waals surface area contributed by atoms with Gasteiger partial charge >= 0.3 is 0 Å². The summed E-state index contributed by atoms with van der Waals surface area (Å²) in [6, 6.07) is 16.5. The van der Waals surface area contributed by atoms with Crippen molar-refractivity contribution in [2.75, 3.05) is 19.8 Å². The van der Waals surface area contributed by atoms with Gasteiger partial charge < -0.3 is 14.8 Å². The van der Waals surface area contributed by atoms with Gasteiger partial charge in [0, 0.05) is 11.7 Å². The summed E-state index contributed by atoms with van der Waals surface area (Å²) in [6.45, 7) is 3.22. The molecule has 2 heterocycles. The summed E-state index contributed by atoms with van der Waals surface area (Å²) in [5.74, 6) is 0. The first-order valence-corrected chi connectivity index (χ1v) is 7.98. The standard InChI is InChI=1S/C17H15NO2.C2H6N2/c19-17(10-20-11-17)15-4-1-12(2-5-15)13-3-6-16-14(9-13)7-8-18-16;1-2-4-3/h1-9,18-19H,10-11H2;3H,2H2,1H3. The third kappa shape index (κ3) is 3.22. The molecule has 4 rings (SSSR count). The minimum Gasteiger partial charge on any atom is -0.380 e. The molecule has 0 amide bonds. The number of aliphatic hydroxyl groups is 1. The molecule has 3 N–H and O–H groups in total. The molecule has 1 aliphatic rings. The Morgan fingerprint density at radius 2 is 1.79 bits per heavy atom. The Morgan fingerprint density at radius 1 is 1.12 bits per heavy atom. The number of nitrogens with zero attached hydrogens (tertiary/aromatic N) is 1. The van der Waals surface area contributed by atoms with Gasteiger partial charge in [-0.3, -0.25) is 0 Å². The summed E-state index contributed by atoms with van der Waals surface area (Å²) in [5, 5.41) is 14.4. The van der Waals surface area contributed by atoms with Crippen molar-refractivity contribution in [1.82, 2.24) is 4.98 Å². The molecule has 0 radical (unpaired) electrons. The molecule has 5 heteroatoms. The topological polar surface area (TPSA) is 81.5 Å². The first kappa shape index (κ1) is 16.4. The van der Waals surface area contributed by atoms with Gasteiger partial charge in [-0.25, -0.2) is 5.53 Å². The molecule has 0 spiro atoms. The maximum absolute atomic E-state index is 10.2. The lowest BCUT2D eigenvalue weighted by molar-refractivity contribution is -0.184. The van der Waals surface area contributed by atoms with Gasteiger partial charge in [0.2, 0.25) is 0 Å². The Kier molecular flexibility index (Phi) is 4.74. The molecule has 1 aromatic heterocycles. The van der Waals surface area contributed by atoms with Crippen LogP contribution in [0.4, 0.5) is 0 Å². The van der Waals surface area contributed by atoms with Crippen LogP contribution in [0.15, 0.2) is 59.8 Å². The fourth-order valence-electron chi connectivity index (χ4n) is 2.67. The number of hydrogen-bond donors (Lipinski definition) is 3. The Labute approximate surface area is 140 Å². The third-order valence-electron chi connectivity index (χ3n) is 4.15. The lowest BCUT2D eigenvalue weighted by atomic mass is 9.90. The average Bonchev–Trinajstić information content (AvgIpc) is 3.07. The lowest BCUT2D eigenvalue weighted by Crippen LogP contribution is -2.46. The van der Waals surface area contributed by atoms with E-state index in [-0.39, 0.29) is 0 Å². The van der Waals surface area contributed by atoms with Crippen LogP contribution in [0.2, 0.25) is 0 Å². The van der Waals surface area contributed by atoms with Crippen molar-refractivity contribution >= 4 is 10.9 Å². The van der Waals surface area contributed by atoms with Crippen molar-refractivity contribution in [2.24, 2.45) is 5.11 Å². The van der Waals surface area contributed by atoms with Crippen LogP contribution in [-0.4, -0.2) is 29.8 Å². The van der Waals surface area contributed by atoms with Crippen LogP contribution in [0, 0.1) is 5.53 Å². The molecule has 0 atom stereocenters. The molecular weight excluding hydrogens is 302 g/mol. The molecule has 2 aromatic carbocycles. The molecule has 1 aliphatic heterocycles. The number of aromatic amines is 1. The summed E-state index contributed by atoms with van der Waals surface area (Å²) in [7, 11) is 0. The van der Waals surface area contributed by atoms with E-state index in [1.54, 1.807) is 0 Å². The molecule has 0 saturated carbocycles. The van der Waals surface area contributed by atoms with E-state index in [0.29, 0.717) is 19.8 Å². The smallest absolute Gasteiger partial charge is 0.136 e. The van der Waals surface area contributed by atoms with Crippen molar-refractivity contribution in [3.05, 3.63) is 60.3 Å². The average molecular weight is 323 g/mol. The van der Waals surface area contributed by atoms with Crippen LogP contribution >= 0.6 is 0 Å². The minimum atomic E-state index is -0.789. The second kappa shape index (κ2) is 6.95. The molecule has 24 heavy (non-hydrogen) atoms. The molecule has 1 saturated heterocycles. The fourth-order valence-corrected chi connectivity index (χ4v) is 2.67. The maximum Gasteiger partial charge on any atom is 0.136 e. The highest BCUT2D eigenvalue weighted by Crippen LogP contribution is 2.31. The highest BCUT2D eigenvalue weighted by Gasteiger charge is 2.37. The Balaban J connectivity index is 0.000000383. The molecule has 3 aromatic rings. The van der Waals surface area contributed by atoms with Crippen LogP contribution in [0.25, 0.3) is 22.0 Å². The van der Waals surface area contributed by atoms with E-state index < -0.39 is 5.60 Å². The number of H-pyrrole nitrogens is 1. The van der Waals surface area contributed by atoms with Crippen molar-refractivity contribution in [2.45, 2.75) is 12.5 Å². The van der Waals surface area contributed by atoms with Gasteiger partial charge in [-0.15, -0.1) is 0 Å². The van der Waals surface area contributed by atoms with Crippen molar-refractivity contribution in [1.29, 1.82) is 5.53 Å². The van der Waals surface area contributed by atoms with Gasteiger partial charge in [-0.05, 0) is 47.2 Å². The maximum atomic E-state index is 10.2. The quantitative estimate of drug-likeness (QED) is 0.634. The van der Waals surface area contributed by atoms with E-state index in [1.165, 1.54) is 10.9 Å². The highest BCUT2D eigenvalue weighted by molar-refractivity contribution is 5.85. The minimum absolute atomic E-state index is 0.391. The number of nitrogens with one attached hydrogen (secondary N) is 2. The summed E-state index contributed by atoms with van der Waals surface area (Å²) in [4.78, 5) is 3.20. The van der Waals surface area contributed by atoms with E-state index in [2.05, 4.69) is 46.5 Å². The van der Waals surface area contributed by atoms with Crippen LogP contribution in [0.3, 0.4) is 0 Å². The summed E-state index contributed by atoms with van der Waals surface area (Å²) in [6.07, 6.45) is 1.95. The van der Waals surface area contributed by atoms with Crippen LogP contribution in [0.5, 0.6) is 0 Å². The molecule has 0 unspecified atom stereocenters. The number of ether oxygens (including phenoxy) is 1. The van der Waals surface area contributed by atoms with E-state index in [4.69, 9.17) is 10.3 Å². The number of hydrogen-bond acceptors (Lipinski definition) is 4. The van der Waals surface area contributed by atoms with Crippen molar-refractivity contribution in [3.8, 4) is 11.1 Å². The van der Waals surface area contributed by atoms with Crippen molar-refractivity contribution in [3.63, 3.8) is 0 Å². The van der Waals surface area contributed by atoms with Crippen molar-refractivity contribution < 1.29 is 9.84 Å². The zero-order valence-electron chi connectivity index (χ0n) is 13.6.